The second-order valence-corrected chi connectivity index (χ2v) is 5.93. The summed E-state index contributed by atoms with van der Waals surface area (Å²) < 4.78 is 5.56. The maximum atomic E-state index is 11.4. The van der Waals surface area contributed by atoms with Gasteiger partial charge < -0.3 is 4.74 Å². The maximum absolute atomic E-state index is 11.4. The second-order valence-electron chi connectivity index (χ2n) is 4.13. The van der Waals surface area contributed by atoms with Crippen LogP contribution in [0.15, 0.2) is 40.2 Å². The van der Waals surface area contributed by atoms with Crippen LogP contribution in [0.4, 0.5) is 0 Å². The Morgan fingerprint density at radius 2 is 2.05 bits per heavy atom. The van der Waals surface area contributed by atoms with E-state index in [0.29, 0.717) is 5.56 Å². The van der Waals surface area contributed by atoms with Crippen LogP contribution in [0.1, 0.15) is 21.5 Å². The number of hydrogen-bond acceptors (Lipinski definition) is 5. The van der Waals surface area contributed by atoms with Crippen LogP contribution in [0.25, 0.3) is 0 Å². The molecule has 0 fully saturated rings. The summed E-state index contributed by atoms with van der Waals surface area (Å²) in [4.78, 5) is 19.9. The minimum Gasteiger partial charge on any atom is -0.465 e. The van der Waals surface area contributed by atoms with Gasteiger partial charge in [0.15, 0.2) is 5.16 Å². The van der Waals surface area contributed by atoms with E-state index in [0.717, 1.165) is 26.5 Å². The largest absolute Gasteiger partial charge is 0.465 e. The molecule has 0 aliphatic rings. The highest BCUT2D eigenvalue weighted by atomic mass is 79.9. The lowest BCUT2D eigenvalue weighted by atomic mass is 10.1. The highest BCUT2D eigenvalue weighted by Crippen LogP contribution is 2.26. The Labute approximate surface area is 130 Å². The van der Waals surface area contributed by atoms with Crippen molar-refractivity contribution < 1.29 is 9.53 Å². The first-order chi connectivity index (χ1) is 9.60. The monoisotopic (exact) mass is 352 g/mol. The van der Waals surface area contributed by atoms with E-state index >= 15 is 0 Å². The zero-order valence-electron chi connectivity index (χ0n) is 11.1. The maximum Gasteiger partial charge on any atom is 0.337 e. The fraction of sp³-hybridized carbons (Fsp3) is 0.214. The molecule has 6 heteroatoms. The normalized spacial score (nSPS) is 10.3. The number of aromatic nitrogens is 2. The van der Waals surface area contributed by atoms with E-state index in [-0.39, 0.29) is 5.97 Å². The van der Waals surface area contributed by atoms with Gasteiger partial charge in [0.1, 0.15) is 0 Å². The molecular formula is C14H13BrN2O2S. The number of benzene rings is 1. The van der Waals surface area contributed by atoms with E-state index in [4.69, 9.17) is 0 Å². The standard InChI is InChI=1S/C14H13BrN2O2S/c1-9-6-16-14(17-7-9)20-8-11-4-3-10(5-12(11)15)13(18)19-2/h3-7H,8H2,1-2H3. The number of aryl methyl sites for hydroxylation is 1. The second kappa shape index (κ2) is 6.85. The molecule has 0 N–H and O–H groups in total. The molecule has 2 aromatic rings. The zero-order valence-corrected chi connectivity index (χ0v) is 13.5. The Balaban J connectivity index is 2.06. The quantitative estimate of drug-likeness (QED) is 0.477. The van der Waals surface area contributed by atoms with Gasteiger partial charge in [-0.2, -0.15) is 0 Å². The molecule has 0 spiro atoms. The van der Waals surface area contributed by atoms with Gasteiger partial charge >= 0.3 is 5.97 Å². The molecule has 0 radical (unpaired) electrons. The molecule has 0 aliphatic heterocycles. The number of carbonyl (C=O) groups excluding carboxylic acids is 1. The van der Waals surface area contributed by atoms with E-state index in [2.05, 4.69) is 30.6 Å². The number of thioether (sulfide) groups is 1. The molecule has 0 atom stereocenters. The molecule has 1 aromatic heterocycles. The highest BCUT2D eigenvalue weighted by Gasteiger charge is 2.09. The molecule has 0 bridgehead atoms. The van der Waals surface area contributed by atoms with E-state index < -0.39 is 0 Å². The number of nitrogens with zero attached hydrogens (tertiary/aromatic N) is 2. The number of methoxy groups -OCH3 is 1. The van der Waals surface area contributed by atoms with Crippen LogP contribution in [0.3, 0.4) is 0 Å². The lowest BCUT2D eigenvalue weighted by Gasteiger charge is -2.06. The molecule has 2 rings (SSSR count). The third kappa shape index (κ3) is 3.80. The van der Waals surface area contributed by atoms with Crippen molar-refractivity contribution in [1.29, 1.82) is 0 Å². The SMILES string of the molecule is COC(=O)c1ccc(CSc2ncc(C)cn2)c(Br)c1. The van der Waals surface area contributed by atoms with Crippen molar-refractivity contribution in [2.45, 2.75) is 17.8 Å². The number of esters is 1. The van der Waals surface area contributed by atoms with Crippen molar-refractivity contribution in [3.8, 4) is 0 Å². The van der Waals surface area contributed by atoms with Crippen molar-refractivity contribution in [2.24, 2.45) is 0 Å². The van der Waals surface area contributed by atoms with Crippen LogP contribution in [-0.4, -0.2) is 23.0 Å². The van der Waals surface area contributed by atoms with E-state index in [1.807, 2.05) is 13.0 Å². The summed E-state index contributed by atoms with van der Waals surface area (Å²) >= 11 is 5.02. The average Bonchev–Trinajstić information content (AvgIpc) is 2.46. The van der Waals surface area contributed by atoms with Gasteiger partial charge in [-0.15, -0.1) is 0 Å². The highest BCUT2D eigenvalue weighted by molar-refractivity contribution is 9.10. The fourth-order valence-electron chi connectivity index (χ4n) is 1.51. The summed E-state index contributed by atoms with van der Waals surface area (Å²) in [7, 11) is 1.37. The van der Waals surface area contributed by atoms with Gasteiger partial charge in [0.05, 0.1) is 12.7 Å². The molecule has 0 amide bonds. The number of rotatable bonds is 4. The van der Waals surface area contributed by atoms with Gasteiger partial charge in [-0.25, -0.2) is 14.8 Å². The van der Waals surface area contributed by atoms with Crippen LogP contribution in [0, 0.1) is 6.92 Å². The molecule has 0 aliphatic carbocycles. The Morgan fingerprint density at radius 1 is 1.35 bits per heavy atom. The Hall–Kier alpha value is -1.40. The minimum atomic E-state index is -0.341. The molecule has 20 heavy (non-hydrogen) atoms. The van der Waals surface area contributed by atoms with Crippen LogP contribution in [-0.2, 0) is 10.5 Å². The topological polar surface area (TPSA) is 52.1 Å². The van der Waals surface area contributed by atoms with E-state index in [1.54, 1.807) is 36.3 Å². The van der Waals surface area contributed by atoms with Crippen molar-refractivity contribution in [3.05, 3.63) is 51.8 Å². The van der Waals surface area contributed by atoms with Crippen molar-refractivity contribution >= 4 is 33.7 Å². The smallest absolute Gasteiger partial charge is 0.337 e. The van der Waals surface area contributed by atoms with Gasteiger partial charge in [-0.3, -0.25) is 0 Å². The third-order valence-corrected chi connectivity index (χ3v) is 4.25. The lowest BCUT2D eigenvalue weighted by Crippen LogP contribution is -2.01. The summed E-state index contributed by atoms with van der Waals surface area (Å²) in [5.41, 5.74) is 2.64. The van der Waals surface area contributed by atoms with Crippen LogP contribution < -0.4 is 0 Å². The lowest BCUT2D eigenvalue weighted by molar-refractivity contribution is 0.0600. The van der Waals surface area contributed by atoms with Crippen molar-refractivity contribution in [2.75, 3.05) is 7.11 Å². The first-order valence-electron chi connectivity index (χ1n) is 5.88. The van der Waals surface area contributed by atoms with Gasteiger partial charge in [-0.05, 0) is 30.2 Å². The zero-order chi connectivity index (χ0) is 14.5. The molecular weight excluding hydrogens is 340 g/mol. The molecule has 4 nitrogen and oxygen atoms in total. The summed E-state index contributed by atoms with van der Waals surface area (Å²) in [6.07, 6.45) is 3.59. The average molecular weight is 353 g/mol. The fourth-order valence-corrected chi connectivity index (χ4v) is 3.00. The summed E-state index contributed by atoms with van der Waals surface area (Å²) in [5.74, 6) is 0.386. The van der Waals surface area contributed by atoms with Crippen LogP contribution in [0.5, 0.6) is 0 Å². The van der Waals surface area contributed by atoms with Crippen molar-refractivity contribution in [3.63, 3.8) is 0 Å². The van der Waals surface area contributed by atoms with Crippen LogP contribution >= 0.6 is 27.7 Å². The van der Waals surface area contributed by atoms with Crippen LogP contribution in [0.2, 0.25) is 0 Å². The first kappa shape index (κ1) is 15.0. The van der Waals surface area contributed by atoms with Gasteiger partial charge in [0.25, 0.3) is 0 Å². The number of halogens is 1. The summed E-state index contributed by atoms with van der Waals surface area (Å²) in [5, 5.41) is 0.736. The van der Waals surface area contributed by atoms with Gasteiger partial charge in [0, 0.05) is 22.6 Å². The predicted molar refractivity (Wildman–Crippen MR) is 81.8 cm³/mol. The summed E-state index contributed by atoms with van der Waals surface area (Å²) in [6, 6.07) is 5.41. The molecule has 0 unspecified atom stereocenters. The van der Waals surface area contributed by atoms with Crippen molar-refractivity contribution in [1.82, 2.24) is 9.97 Å². The van der Waals surface area contributed by atoms with Gasteiger partial charge in [-0.1, -0.05) is 33.8 Å². The van der Waals surface area contributed by atoms with E-state index in [1.165, 1.54) is 7.11 Å². The predicted octanol–water partition coefficient (Wildman–Crippen LogP) is 3.63. The Kier molecular flexibility index (Phi) is 5.14. The molecule has 0 saturated carbocycles. The molecule has 1 heterocycles. The first-order valence-corrected chi connectivity index (χ1v) is 7.66. The number of ether oxygens (including phenoxy) is 1. The van der Waals surface area contributed by atoms with Gasteiger partial charge in [0.2, 0.25) is 0 Å². The Morgan fingerprint density at radius 3 is 2.65 bits per heavy atom. The van der Waals surface area contributed by atoms with E-state index in [9.17, 15) is 4.79 Å². The minimum absolute atomic E-state index is 0.341. The number of hydrogen-bond donors (Lipinski definition) is 0. The molecule has 1 aromatic carbocycles. The third-order valence-electron chi connectivity index (χ3n) is 2.59. The molecule has 0 saturated heterocycles. The molecule has 104 valence electrons. The Bertz CT molecular complexity index is 617. The summed E-state index contributed by atoms with van der Waals surface area (Å²) in [6.45, 7) is 1.95. The number of carbonyl (C=O) groups is 1.